The number of ether oxygens (including phenoxy) is 4. The summed E-state index contributed by atoms with van der Waals surface area (Å²) >= 11 is 5.35. The largest absolute Gasteiger partial charge is 0.493 e. The van der Waals surface area contributed by atoms with Crippen LogP contribution in [0.3, 0.4) is 0 Å². The molecule has 1 aliphatic heterocycles. The van der Waals surface area contributed by atoms with Gasteiger partial charge < -0.3 is 34.5 Å². The van der Waals surface area contributed by atoms with E-state index in [2.05, 4.69) is 10.6 Å². The third-order valence-electron chi connectivity index (χ3n) is 4.14. The van der Waals surface area contributed by atoms with Crippen molar-refractivity contribution >= 4 is 17.3 Å². The molecule has 1 aromatic carbocycles. The summed E-state index contributed by atoms with van der Waals surface area (Å²) in [6, 6.07) is 3.82. The Morgan fingerprint density at radius 2 is 1.72 bits per heavy atom. The van der Waals surface area contributed by atoms with Gasteiger partial charge in [-0.3, -0.25) is 0 Å². The summed E-state index contributed by atoms with van der Waals surface area (Å²) in [5.74, 6) is 1.85. The molecule has 1 saturated heterocycles. The van der Waals surface area contributed by atoms with E-state index in [1.165, 1.54) is 0 Å². The molecule has 2 rings (SSSR count). The maximum Gasteiger partial charge on any atom is 0.203 e. The number of rotatable bonds is 8. The van der Waals surface area contributed by atoms with Gasteiger partial charge in [-0.1, -0.05) is 0 Å². The molecular formula is C17H28N3O4S+. The Kier molecular flexibility index (Phi) is 8.03. The Bertz CT molecular complexity index is 540. The first-order valence-electron chi connectivity index (χ1n) is 8.39. The molecule has 0 bridgehead atoms. The number of nitrogens with one attached hydrogen (secondary N) is 3. The highest BCUT2D eigenvalue weighted by Gasteiger charge is 2.14. The van der Waals surface area contributed by atoms with Crippen LogP contribution in [0.5, 0.6) is 17.2 Å². The van der Waals surface area contributed by atoms with Gasteiger partial charge in [0.05, 0.1) is 47.6 Å². The van der Waals surface area contributed by atoms with E-state index in [1.54, 1.807) is 26.2 Å². The molecule has 3 N–H and O–H groups in total. The maximum atomic E-state index is 5.36. The van der Waals surface area contributed by atoms with Gasteiger partial charge in [0.25, 0.3) is 0 Å². The predicted octanol–water partition coefficient (Wildman–Crippen LogP) is -0.408. The second kappa shape index (κ2) is 10.3. The second-order valence-corrected chi connectivity index (χ2v) is 6.16. The first-order valence-corrected chi connectivity index (χ1v) is 8.80. The highest BCUT2D eigenvalue weighted by Crippen LogP contribution is 2.38. The zero-order valence-electron chi connectivity index (χ0n) is 15.1. The molecule has 1 aliphatic rings. The zero-order valence-corrected chi connectivity index (χ0v) is 16.0. The maximum absolute atomic E-state index is 5.36. The van der Waals surface area contributed by atoms with Crippen molar-refractivity contribution in [1.82, 2.24) is 10.6 Å². The lowest BCUT2D eigenvalue weighted by molar-refractivity contribution is -0.906. The highest BCUT2D eigenvalue weighted by atomic mass is 32.1. The van der Waals surface area contributed by atoms with Crippen LogP contribution in [0.4, 0.5) is 0 Å². The zero-order chi connectivity index (χ0) is 18.1. The van der Waals surface area contributed by atoms with Gasteiger partial charge in [-0.05, 0) is 29.9 Å². The van der Waals surface area contributed by atoms with Gasteiger partial charge in [0.1, 0.15) is 13.1 Å². The van der Waals surface area contributed by atoms with E-state index in [0.29, 0.717) is 28.9 Å². The summed E-state index contributed by atoms with van der Waals surface area (Å²) in [6.45, 7) is 6.28. The Morgan fingerprint density at radius 3 is 2.28 bits per heavy atom. The summed E-state index contributed by atoms with van der Waals surface area (Å²) in [4.78, 5) is 1.55. The first-order chi connectivity index (χ1) is 12.2. The Morgan fingerprint density at radius 1 is 1.08 bits per heavy atom. The summed E-state index contributed by atoms with van der Waals surface area (Å²) < 4.78 is 21.4. The fraction of sp³-hybridized carbons (Fsp3) is 0.588. The van der Waals surface area contributed by atoms with Crippen molar-refractivity contribution in [3.63, 3.8) is 0 Å². The smallest absolute Gasteiger partial charge is 0.203 e. The van der Waals surface area contributed by atoms with Crippen molar-refractivity contribution in [2.75, 3.05) is 60.7 Å². The minimum absolute atomic E-state index is 0.576. The lowest BCUT2D eigenvalue weighted by Gasteiger charge is -2.24. The molecule has 8 heteroatoms. The van der Waals surface area contributed by atoms with Gasteiger partial charge in [0.15, 0.2) is 16.6 Å². The number of hydrogen-bond donors (Lipinski definition) is 3. The molecule has 0 aromatic heterocycles. The number of benzene rings is 1. The molecule has 140 valence electrons. The minimum Gasteiger partial charge on any atom is -0.493 e. The Labute approximate surface area is 154 Å². The molecule has 0 aliphatic carbocycles. The van der Waals surface area contributed by atoms with Crippen molar-refractivity contribution in [3.05, 3.63) is 17.7 Å². The quantitative estimate of drug-likeness (QED) is 0.538. The molecule has 0 saturated carbocycles. The van der Waals surface area contributed by atoms with E-state index in [0.717, 1.165) is 45.0 Å². The number of morpholine rings is 1. The standard InChI is InChI=1S/C17H27N3O4S/c1-21-14-10-13(11-15(22-2)16(14)23-3)12-19-17(25)18-4-5-20-6-8-24-9-7-20/h10-11H,4-9,12H2,1-3H3,(H2,18,19,25)/p+1. The molecule has 0 amide bonds. The number of thiocarbonyl (C=S) groups is 1. The van der Waals surface area contributed by atoms with Crippen LogP contribution in [0.25, 0.3) is 0 Å². The molecule has 1 fully saturated rings. The normalized spacial score (nSPS) is 14.7. The van der Waals surface area contributed by atoms with Crippen molar-refractivity contribution < 1.29 is 23.8 Å². The number of methoxy groups -OCH3 is 3. The average Bonchev–Trinajstić information content (AvgIpc) is 2.66. The highest BCUT2D eigenvalue weighted by molar-refractivity contribution is 7.80. The number of quaternary nitrogens is 1. The lowest BCUT2D eigenvalue weighted by Crippen LogP contribution is -3.14. The summed E-state index contributed by atoms with van der Waals surface area (Å²) in [7, 11) is 4.80. The molecule has 0 spiro atoms. The third-order valence-corrected chi connectivity index (χ3v) is 4.43. The van der Waals surface area contributed by atoms with Crippen molar-refractivity contribution in [2.45, 2.75) is 6.54 Å². The van der Waals surface area contributed by atoms with Crippen LogP contribution in [0.2, 0.25) is 0 Å². The molecule has 0 unspecified atom stereocenters. The topological polar surface area (TPSA) is 65.4 Å². The van der Waals surface area contributed by atoms with Gasteiger partial charge in [0, 0.05) is 6.54 Å². The van der Waals surface area contributed by atoms with E-state index >= 15 is 0 Å². The fourth-order valence-electron chi connectivity index (χ4n) is 2.75. The van der Waals surface area contributed by atoms with Gasteiger partial charge in [-0.15, -0.1) is 0 Å². The minimum atomic E-state index is 0.576. The molecular weight excluding hydrogens is 342 g/mol. The van der Waals surface area contributed by atoms with E-state index in [4.69, 9.17) is 31.2 Å². The SMILES string of the molecule is COc1cc(CNC(=S)NCC[NH+]2CCOCC2)cc(OC)c1OC. The summed E-state index contributed by atoms with van der Waals surface area (Å²) in [5, 5.41) is 7.10. The van der Waals surface area contributed by atoms with Crippen molar-refractivity contribution in [1.29, 1.82) is 0 Å². The third kappa shape index (κ3) is 5.91. The van der Waals surface area contributed by atoms with Crippen molar-refractivity contribution in [2.24, 2.45) is 0 Å². The molecule has 1 heterocycles. The van der Waals surface area contributed by atoms with E-state index in [-0.39, 0.29) is 0 Å². The van der Waals surface area contributed by atoms with Gasteiger partial charge >= 0.3 is 0 Å². The predicted molar refractivity (Wildman–Crippen MR) is 99.9 cm³/mol. The number of hydrogen-bond acceptors (Lipinski definition) is 5. The average molecular weight is 370 g/mol. The van der Waals surface area contributed by atoms with Crippen LogP contribution in [0.15, 0.2) is 12.1 Å². The van der Waals surface area contributed by atoms with E-state index < -0.39 is 0 Å². The first kappa shape index (κ1) is 19.6. The van der Waals surface area contributed by atoms with Gasteiger partial charge in [-0.25, -0.2) is 0 Å². The van der Waals surface area contributed by atoms with E-state index in [9.17, 15) is 0 Å². The molecule has 25 heavy (non-hydrogen) atoms. The van der Waals surface area contributed by atoms with Crippen LogP contribution in [-0.2, 0) is 11.3 Å². The lowest BCUT2D eigenvalue weighted by atomic mass is 10.2. The van der Waals surface area contributed by atoms with Gasteiger partial charge in [-0.2, -0.15) is 0 Å². The fourth-order valence-corrected chi connectivity index (χ4v) is 2.92. The molecule has 1 aromatic rings. The van der Waals surface area contributed by atoms with Crippen LogP contribution in [-0.4, -0.2) is 65.8 Å². The van der Waals surface area contributed by atoms with Crippen LogP contribution in [0, 0.1) is 0 Å². The summed E-state index contributed by atoms with van der Waals surface area (Å²) in [5.41, 5.74) is 0.998. The van der Waals surface area contributed by atoms with Crippen LogP contribution < -0.4 is 29.7 Å². The van der Waals surface area contributed by atoms with E-state index in [1.807, 2.05) is 12.1 Å². The second-order valence-electron chi connectivity index (χ2n) is 5.76. The molecule has 0 radical (unpaired) electrons. The van der Waals surface area contributed by atoms with Gasteiger partial charge in [0.2, 0.25) is 5.75 Å². The summed E-state index contributed by atoms with van der Waals surface area (Å²) in [6.07, 6.45) is 0. The molecule has 7 nitrogen and oxygen atoms in total. The van der Waals surface area contributed by atoms with Crippen LogP contribution in [0.1, 0.15) is 5.56 Å². The Balaban J connectivity index is 1.80. The molecule has 0 atom stereocenters. The monoisotopic (exact) mass is 370 g/mol. The van der Waals surface area contributed by atoms with Crippen LogP contribution >= 0.6 is 12.2 Å². The Hall–Kier alpha value is -1.77. The van der Waals surface area contributed by atoms with Crippen molar-refractivity contribution in [3.8, 4) is 17.2 Å².